The number of nitro benzene ring substituents is 1. The number of benzene rings is 1. The summed E-state index contributed by atoms with van der Waals surface area (Å²) >= 11 is 4.74. The first kappa shape index (κ1) is 12.7. The molecule has 0 radical (unpaired) electrons. The smallest absolute Gasteiger partial charge is 0.335 e. The summed E-state index contributed by atoms with van der Waals surface area (Å²) in [4.78, 5) is 21.1. The number of halogens is 1. The molecule has 7 heteroatoms. The fourth-order valence-electron chi connectivity index (χ4n) is 1.48. The Kier molecular flexibility index (Phi) is 3.44. The van der Waals surface area contributed by atoms with Crippen molar-refractivity contribution in [2.24, 2.45) is 0 Å². The van der Waals surface area contributed by atoms with Gasteiger partial charge in [-0.05, 0) is 32.9 Å². The Hall–Kier alpha value is -1.73. The van der Waals surface area contributed by atoms with Gasteiger partial charge in [0.1, 0.15) is 0 Å². The maximum Gasteiger partial charge on any atom is 0.335 e. The Bertz CT molecular complexity index is 605. The third-order valence-corrected chi connectivity index (χ3v) is 4.00. The lowest BCUT2D eigenvalue weighted by Gasteiger charge is -2.02. The molecule has 0 aliphatic heterocycles. The first-order chi connectivity index (χ1) is 8.49. The van der Waals surface area contributed by atoms with E-state index >= 15 is 0 Å². The predicted octanol–water partition coefficient (Wildman–Crippen LogP) is 3.78. The second kappa shape index (κ2) is 4.87. The molecule has 1 N–H and O–H groups in total. The molecule has 0 aliphatic rings. The largest absolute Gasteiger partial charge is 0.478 e. The molecule has 2 aromatic rings. The highest BCUT2D eigenvalue weighted by Crippen LogP contribution is 2.34. The summed E-state index contributed by atoms with van der Waals surface area (Å²) in [6.07, 6.45) is 0. The highest BCUT2D eigenvalue weighted by Gasteiger charge is 2.16. The average molecular weight is 328 g/mol. The van der Waals surface area contributed by atoms with Crippen molar-refractivity contribution < 1.29 is 14.8 Å². The van der Waals surface area contributed by atoms with Crippen molar-refractivity contribution in [1.82, 2.24) is 0 Å². The molecule has 2 rings (SSSR count). The van der Waals surface area contributed by atoms with Gasteiger partial charge in [0.05, 0.1) is 10.5 Å². The maximum atomic E-state index is 11.0. The number of rotatable bonds is 3. The molecule has 18 heavy (non-hydrogen) atoms. The van der Waals surface area contributed by atoms with E-state index in [0.29, 0.717) is 5.56 Å². The molecule has 0 saturated heterocycles. The molecule has 1 aromatic heterocycles. The van der Waals surface area contributed by atoms with Crippen molar-refractivity contribution in [3.63, 3.8) is 0 Å². The van der Waals surface area contributed by atoms with Gasteiger partial charge < -0.3 is 5.11 Å². The summed E-state index contributed by atoms with van der Waals surface area (Å²) in [5, 5.41) is 23.4. The average Bonchev–Trinajstić information content (AvgIpc) is 2.74. The topological polar surface area (TPSA) is 80.4 Å². The minimum atomic E-state index is -1.19. The number of carbonyl (C=O) groups is 1. The number of nitro groups is 1. The van der Waals surface area contributed by atoms with Crippen LogP contribution in [0, 0.1) is 10.1 Å². The lowest BCUT2D eigenvalue weighted by atomic mass is 10.0. The summed E-state index contributed by atoms with van der Waals surface area (Å²) in [5.74, 6) is -1.19. The van der Waals surface area contributed by atoms with Gasteiger partial charge in [0.2, 0.25) is 0 Å². The Morgan fingerprint density at radius 1 is 1.33 bits per heavy atom. The Balaban J connectivity index is 2.64. The monoisotopic (exact) mass is 327 g/mol. The van der Waals surface area contributed by atoms with E-state index in [9.17, 15) is 14.9 Å². The number of non-ortho nitro benzene ring substituents is 1. The molecule has 0 amide bonds. The van der Waals surface area contributed by atoms with E-state index in [1.807, 2.05) is 5.38 Å². The summed E-state index contributed by atoms with van der Waals surface area (Å²) in [7, 11) is 0. The number of carboxylic acid groups (broad SMARTS) is 1. The third kappa shape index (κ3) is 2.41. The van der Waals surface area contributed by atoms with Crippen LogP contribution in [0.15, 0.2) is 33.4 Å². The quantitative estimate of drug-likeness (QED) is 0.687. The van der Waals surface area contributed by atoms with Crippen LogP contribution in [0.5, 0.6) is 0 Å². The number of thiophene rings is 1. The molecule has 0 saturated carbocycles. The Labute approximate surface area is 114 Å². The number of carboxylic acids is 1. The SMILES string of the molecule is O=C(O)c1cc(-c2cscc2Br)cc([N+](=O)[O-])c1. The van der Waals surface area contributed by atoms with Crippen molar-refractivity contribution in [2.75, 3.05) is 0 Å². The van der Waals surface area contributed by atoms with Gasteiger partial charge in [-0.1, -0.05) is 0 Å². The summed E-state index contributed by atoms with van der Waals surface area (Å²) < 4.78 is 0.782. The molecular formula is C11H6BrNO4S. The predicted molar refractivity (Wildman–Crippen MR) is 71.1 cm³/mol. The van der Waals surface area contributed by atoms with Gasteiger partial charge >= 0.3 is 5.97 Å². The van der Waals surface area contributed by atoms with Crippen molar-refractivity contribution in [3.05, 3.63) is 49.1 Å². The van der Waals surface area contributed by atoms with E-state index < -0.39 is 10.9 Å². The van der Waals surface area contributed by atoms with Crippen molar-refractivity contribution in [2.45, 2.75) is 0 Å². The molecule has 92 valence electrons. The summed E-state index contributed by atoms with van der Waals surface area (Å²) in [5.41, 5.74) is 0.918. The molecule has 0 unspecified atom stereocenters. The minimum absolute atomic E-state index is 0.0997. The molecular weight excluding hydrogens is 322 g/mol. The van der Waals surface area contributed by atoms with E-state index in [2.05, 4.69) is 15.9 Å². The molecule has 0 atom stereocenters. The first-order valence-electron chi connectivity index (χ1n) is 4.74. The molecule has 0 spiro atoms. The van der Waals surface area contributed by atoms with Gasteiger partial charge in [0.25, 0.3) is 5.69 Å². The van der Waals surface area contributed by atoms with Crippen molar-refractivity contribution in [1.29, 1.82) is 0 Å². The Morgan fingerprint density at radius 2 is 2.06 bits per heavy atom. The van der Waals surface area contributed by atoms with Crippen LogP contribution in [0.4, 0.5) is 5.69 Å². The fraction of sp³-hybridized carbons (Fsp3) is 0. The zero-order valence-corrected chi connectivity index (χ0v) is 11.2. The highest BCUT2D eigenvalue weighted by atomic mass is 79.9. The first-order valence-corrected chi connectivity index (χ1v) is 6.47. The molecule has 0 bridgehead atoms. The van der Waals surface area contributed by atoms with E-state index in [4.69, 9.17) is 5.11 Å². The van der Waals surface area contributed by atoms with Crippen LogP contribution in [0.2, 0.25) is 0 Å². The van der Waals surface area contributed by atoms with Gasteiger partial charge in [0.15, 0.2) is 0 Å². The van der Waals surface area contributed by atoms with E-state index in [1.165, 1.54) is 23.5 Å². The summed E-state index contributed by atoms with van der Waals surface area (Å²) in [6, 6.07) is 3.83. The molecule has 0 fully saturated rings. The van der Waals surface area contributed by atoms with Gasteiger partial charge in [-0.25, -0.2) is 4.79 Å². The number of nitrogens with zero attached hydrogens (tertiary/aromatic N) is 1. The van der Waals surface area contributed by atoms with Crippen LogP contribution >= 0.6 is 27.3 Å². The van der Waals surface area contributed by atoms with E-state index in [0.717, 1.165) is 16.1 Å². The van der Waals surface area contributed by atoms with E-state index in [-0.39, 0.29) is 11.3 Å². The lowest BCUT2D eigenvalue weighted by molar-refractivity contribution is -0.384. The zero-order chi connectivity index (χ0) is 13.3. The number of aromatic carboxylic acids is 1. The number of hydrogen-bond donors (Lipinski definition) is 1. The van der Waals surface area contributed by atoms with Crippen LogP contribution in [0.1, 0.15) is 10.4 Å². The van der Waals surface area contributed by atoms with Crippen LogP contribution in [-0.2, 0) is 0 Å². The zero-order valence-electron chi connectivity index (χ0n) is 8.79. The lowest BCUT2D eigenvalue weighted by Crippen LogP contribution is -1.99. The molecule has 1 aromatic carbocycles. The highest BCUT2D eigenvalue weighted by molar-refractivity contribution is 9.10. The van der Waals surface area contributed by atoms with Crippen LogP contribution < -0.4 is 0 Å². The van der Waals surface area contributed by atoms with Gasteiger partial charge in [0, 0.05) is 27.5 Å². The van der Waals surface area contributed by atoms with Gasteiger partial charge in [-0.3, -0.25) is 10.1 Å². The second-order valence-corrected chi connectivity index (χ2v) is 5.06. The van der Waals surface area contributed by atoms with Gasteiger partial charge in [-0.2, -0.15) is 11.3 Å². The van der Waals surface area contributed by atoms with Crippen LogP contribution in [0.25, 0.3) is 11.1 Å². The second-order valence-electron chi connectivity index (χ2n) is 3.46. The summed E-state index contributed by atoms with van der Waals surface area (Å²) in [6.45, 7) is 0. The Morgan fingerprint density at radius 3 is 2.56 bits per heavy atom. The maximum absolute atomic E-state index is 11.0. The standard InChI is InChI=1S/C11H6BrNO4S/c12-10-5-18-4-9(10)6-1-7(11(14)15)3-8(2-6)13(16)17/h1-5H,(H,14,15). The molecule has 0 aliphatic carbocycles. The molecule has 5 nitrogen and oxygen atoms in total. The van der Waals surface area contributed by atoms with Crippen LogP contribution in [0.3, 0.4) is 0 Å². The fourth-order valence-corrected chi connectivity index (χ4v) is 3.02. The van der Waals surface area contributed by atoms with Gasteiger partial charge in [-0.15, -0.1) is 0 Å². The van der Waals surface area contributed by atoms with Crippen molar-refractivity contribution in [3.8, 4) is 11.1 Å². The number of hydrogen-bond acceptors (Lipinski definition) is 4. The minimum Gasteiger partial charge on any atom is -0.478 e. The molecule has 1 heterocycles. The normalized spacial score (nSPS) is 10.3. The third-order valence-electron chi connectivity index (χ3n) is 2.30. The van der Waals surface area contributed by atoms with E-state index in [1.54, 1.807) is 5.38 Å². The van der Waals surface area contributed by atoms with Crippen molar-refractivity contribution >= 4 is 38.9 Å². The van der Waals surface area contributed by atoms with Crippen LogP contribution in [-0.4, -0.2) is 16.0 Å².